The molecular formula is C30H26ClN5O5S. The number of ether oxygens (including phenoxy) is 1. The Labute approximate surface area is 248 Å². The van der Waals surface area contributed by atoms with Gasteiger partial charge in [-0.25, -0.2) is 13.8 Å². The number of benzene rings is 3. The molecule has 10 nitrogen and oxygen atoms in total. The number of hydrogen-bond donors (Lipinski definition) is 2. The van der Waals surface area contributed by atoms with Crippen molar-refractivity contribution in [3.8, 4) is 5.75 Å². The van der Waals surface area contributed by atoms with Crippen LogP contribution >= 0.6 is 11.6 Å². The van der Waals surface area contributed by atoms with Crippen molar-refractivity contribution in [1.29, 1.82) is 0 Å². The highest BCUT2D eigenvalue weighted by molar-refractivity contribution is 7.92. The van der Waals surface area contributed by atoms with Gasteiger partial charge >= 0.3 is 0 Å². The van der Waals surface area contributed by atoms with E-state index in [9.17, 15) is 18.0 Å². The van der Waals surface area contributed by atoms with Gasteiger partial charge in [0.15, 0.2) is 5.71 Å². The van der Waals surface area contributed by atoms with E-state index in [0.29, 0.717) is 28.6 Å². The molecule has 3 aromatic carbocycles. The van der Waals surface area contributed by atoms with E-state index in [-0.39, 0.29) is 16.3 Å². The Kier molecular flexibility index (Phi) is 8.80. The van der Waals surface area contributed by atoms with Gasteiger partial charge < -0.3 is 10.1 Å². The van der Waals surface area contributed by atoms with Gasteiger partial charge in [0.2, 0.25) is 0 Å². The van der Waals surface area contributed by atoms with Gasteiger partial charge in [0, 0.05) is 22.5 Å². The maximum atomic E-state index is 13.7. The van der Waals surface area contributed by atoms with E-state index in [2.05, 4.69) is 20.8 Å². The minimum atomic E-state index is -4.20. The van der Waals surface area contributed by atoms with Gasteiger partial charge in [-0.1, -0.05) is 35.9 Å². The Balaban J connectivity index is 1.29. The number of pyridine rings is 1. The number of hydrazone groups is 1. The average Bonchev–Trinajstić information content (AvgIpc) is 3.33. The quantitative estimate of drug-likeness (QED) is 0.193. The molecule has 0 fully saturated rings. The molecule has 5 rings (SSSR count). The summed E-state index contributed by atoms with van der Waals surface area (Å²) in [6, 6.07) is 24.7. The van der Waals surface area contributed by atoms with E-state index in [0.717, 1.165) is 22.8 Å². The lowest BCUT2D eigenvalue weighted by molar-refractivity contribution is -0.119. The van der Waals surface area contributed by atoms with Crippen molar-refractivity contribution in [2.24, 2.45) is 5.10 Å². The number of sulfonamides is 1. The zero-order chi connectivity index (χ0) is 29.5. The average molecular weight is 604 g/mol. The number of rotatable bonds is 11. The van der Waals surface area contributed by atoms with Crippen LogP contribution in [0.15, 0.2) is 107 Å². The Morgan fingerprint density at radius 1 is 0.976 bits per heavy atom. The third-order valence-corrected chi connectivity index (χ3v) is 8.36. The van der Waals surface area contributed by atoms with Gasteiger partial charge in [-0.15, -0.1) is 0 Å². The molecule has 2 heterocycles. The first-order valence-electron chi connectivity index (χ1n) is 13.0. The zero-order valence-corrected chi connectivity index (χ0v) is 23.8. The largest absolute Gasteiger partial charge is 0.494 e. The topological polar surface area (TPSA) is 130 Å². The lowest BCUT2D eigenvalue weighted by Crippen LogP contribution is -2.40. The van der Waals surface area contributed by atoms with Crippen molar-refractivity contribution in [2.45, 2.75) is 17.7 Å². The number of aromatic nitrogens is 1. The second kappa shape index (κ2) is 12.8. The molecule has 2 N–H and O–H groups in total. The smallest absolute Gasteiger partial charge is 0.276 e. The molecule has 0 spiro atoms. The summed E-state index contributed by atoms with van der Waals surface area (Å²) in [4.78, 5) is 29.5. The predicted molar refractivity (Wildman–Crippen MR) is 160 cm³/mol. The van der Waals surface area contributed by atoms with Crippen LogP contribution in [0.4, 0.5) is 11.4 Å². The molecule has 12 heteroatoms. The van der Waals surface area contributed by atoms with Gasteiger partial charge in [0.25, 0.3) is 21.8 Å². The number of carbonyl (C=O) groups is 2. The maximum absolute atomic E-state index is 13.7. The van der Waals surface area contributed by atoms with Crippen molar-refractivity contribution in [3.63, 3.8) is 0 Å². The normalized spacial score (nSPS) is 13.4. The van der Waals surface area contributed by atoms with Gasteiger partial charge in [0.1, 0.15) is 12.3 Å². The molecule has 1 aliphatic rings. The van der Waals surface area contributed by atoms with Crippen LogP contribution in [0.3, 0.4) is 0 Å². The molecule has 0 saturated heterocycles. The van der Waals surface area contributed by atoms with Crippen molar-refractivity contribution >= 4 is 50.5 Å². The number of aryl methyl sites for hydroxylation is 1. The van der Waals surface area contributed by atoms with Crippen LogP contribution in [-0.2, 0) is 26.0 Å². The van der Waals surface area contributed by atoms with E-state index in [4.69, 9.17) is 16.3 Å². The van der Waals surface area contributed by atoms with E-state index in [1.165, 1.54) is 36.4 Å². The number of anilines is 2. The summed E-state index contributed by atoms with van der Waals surface area (Å²) in [6.45, 7) is -0.166. The van der Waals surface area contributed by atoms with Crippen LogP contribution < -0.4 is 19.8 Å². The fraction of sp³-hybridized carbons (Fsp3) is 0.133. The van der Waals surface area contributed by atoms with Crippen LogP contribution in [0.5, 0.6) is 5.75 Å². The summed E-state index contributed by atoms with van der Waals surface area (Å²) in [5.74, 6) is -0.708. The summed E-state index contributed by atoms with van der Waals surface area (Å²) in [7, 11) is -4.20. The number of fused-ring (bicyclic) bond motifs is 1. The van der Waals surface area contributed by atoms with Gasteiger partial charge in [-0.2, -0.15) is 5.10 Å². The number of nitrogens with zero attached hydrogens (tertiary/aromatic N) is 3. The molecule has 2 amide bonds. The highest BCUT2D eigenvalue weighted by atomic mass is 35.5. The van der Waals surface area contributed by atoms with Crippen molar-refractivity contribution in [3.05, 3.63) is 113 Å². The number of halogens is 1. The highest BCUT2D eigenvalue weighted by Gasteiger charge is 2.29. The highest BCUT2D eigenvalue weighted by Crippen LogP contribution is 2.27. The van der Waals surface area contributed by atoms with Gasteiger partial charge in [0.05, 0.1) is 22.9 Å². The van der Waals surface area contributed by atoms with E-state index < -0.39 is 28.4 Å². The molecule has 0 atom stereocenters. The fourth-order valence-electron chi connectivity index (χ4n) is 4.24. The number of nitrogens with one attached hydrogen (secondary N) is 2. The molecule has 1 aromatic heterocycles. The van der Waals surface area contributed by atoms with Crippen molar-refractivity contribution < 1.29 is 22.7 Å². The second-order valence-electron chi connectivity index (χ2n) is 9.23. The summed E-state index contributed by atoms with van der Waals surface area (Å²) in [5.41, 5.74) is 4.63. The standard InChI is InChI=1S/C30H26ClN5O5S/c31-21-10-12-23(13-11-21)36(20-28(37)34-35-29-26-8-1-2-9-27(26)33-30(29)38)42(39,40)25-16-14-24(15-17-25)41-19-5-7-22-6-3-4-18-32-22/h1-4,6,8-18H,5,7,19-20H2,(H,34,37)(H,33,35,38). The lowest BCUT2D eigenvalue weighted by Gasteiger charge is -2.24. The molecule has 0 bridgehead atoms. The molecule has 0 aliphatic carbocycles. The minimum absolute atomic E-state index is 0.0236. The molecule has 0 unspecified atom stereocenters. The maximum Gasteiger partial charge on any atom is 0.276 e. The molecule has 214 valence electrons. The number of amides is 2. The van der Waals surface area contributed by atoms with E-state index in [1.54, 1.807) is 42.6 Å². The Bertz CT molecular complexity index is 1710. The van der Waals surface area contributed by atoms with Crippen molar-refractivity contribution in [1.82, 2.24) is 10.4 Å². The predicted octanol–water partition coefficient (Wildman–Crippen LogP) is 4.41. The van der Waals surface area contributed by atoms with E-state index >= 15 is 0 Å². The molecule has 0 saturated carbocycles. The Morgan fingerprint density at radius 3 is 2.45 bits per heavy atom. The first-order chi connectivity index (χ1) is 20.3. The number of para-hydroxylation sites is 1. The summed E-state index contributed by atoms with van der Waals surface area (Å²) in [5, 5.41) is 7.04. The number of hydrogen-bond acceptors (Lipinski definition) is 7. The number of carbonyl (C=O) groups excluding carboxylic acids is 2. The van der Waals surface area contributed by atoms with Gasteiger partial charge in [-0.3, -0.25) is 18.9 Å². The van der Waals surface area contributed by atoms with E-state index in [1.807, 2.05) is 18.2 Å². The molecular weight excluding hydrogens is 578 g/mol. The monoisotopic (exact) mass is 603 g/mol. The van der Waals surface area contributed by atoms with Crippen LogP contribution in [0.25, 0.3) is 0 Å². The first-order valence-corrected chi connectivity index (χ1v) is 14.8. The summed E-state index contributed by atoms with van der Waals surface area (Å²) >= 11 is 6.01. The third-order valence-electron chi connectivity index (χ3n) is 6.32. The SMILES string of the molecule is O=C(CN(c1ccc(Cl)cc1)S(=O)(=O)c1ccc(OCCCc2ccccn2)cc1)N/N=C1\C(=O)Nc2ccccc21. The lowest BCUT2D eigenvalue weighted by atomic mass is 10.1. The van der Waals surface area contributed by atoms with Crippen LogP contribution in [0.1, 0.15) is 17.7 Å². The van der Waals surface area contributed by atoms with Crippen LogP contribution in [0.2, 0.25) is 5.02 Å². The van der Waals surface area contributed by atoms with Gasteiger partial charge in [-0.05, 0) is 79.6 Å². The molecule has 0 radical (unpaired) electrons. The van der Waals surface area contributed by atoms with Crippen LogP contribution in [-0.4, -0.2) is 44.1 Å². The van der Waals surface area contributed by atoms with Crippen LogP contribution in [0, 0.1) is 0 Å². The third kappa shape index (κ3) is 6.76. The second-order valence-corrected chi connectivity index (χ2v) is 11.5. The first kappa shape index (κ1) is 28.8. The fourth-order valence-corrected chi connectivity index (χ4v) is 5.79. The Morgan fingerprint density at radius 2 is 1.71 bits per heavy atom. The van der Waals surface area contributed by atoms with Crippen molar-refractivity contribution in [2.75, 3.05) is 22.8 Å². The summed E-state index contributed by atoms with van der Waals surface area (Å²) in [6.07, 6.45) is 3.25. The molecule has 1 aliphatic heterocycles. The molecule has 42 heavy (non-hydrogen) atoms. The minimum Gasteiger partial charge on any atom is -0.494 e. The Hall–Kier alpha value is -4.74. The zero-order valence-electron chi connectivity index (χ0n) is 22.2. The summed E-state index contributed by atoms with van der Waals surface area (Å²) < 4.78 is 34.2. The molecule has 4 aromatic rings.